The maximum Gasteiger partial charge on any atom is 0.331 e. The first kappa shape index (κ1) is 33.4. The molecule has 0 aliphatic carbocycles. The van der Waals surface area contributed by atoms with Gasteiger partial charge in [0, 0.05) is 70.8 Å². The van der Waals surface area contributed by atoms with Crippen molar-refractivity contribution in [2.45, 2.75) is 0 Å². The number of esters is 1. The number of aliphatic carboxylic acids is 3. The number of amides is 1. The van der Waals surface area contributed by atoms with Crippen molar-refractivity contribution in [2.24, 2.45) is 0 Å². The highest BCUT2D eigenvalue weighted by molar-refractivity contribution is 5.84. The third kappa shape index (κ3) is 12.6. The molecule has 42 heavy (non-hydrogen) atoms. The predicted octanol–water partition coefficient (Wildman–Crippen LogP) is -1.09. The third-order valence-corrected chi connectivity index (χ3v) is 6.09. The van der Waals surface area contributed by atoms with E-state index in [2.05, 4.69) is 0 Å². The Bertz CT molecular complexity index is 1160. The fraction of sp³-hybridized carbons (Fsp3) is 0.480. The van der Waals surface area contributed by atoms with E-state index >= 15 is 0 Å². The molecule has 0 radical (unpaired) electrons. The summed E-state index contributed by atoms with van der Waals surface area (Å²) in [6, 6.07) is 4.87. The van der Waals surface area contributed by atoms with E-state index < -0.39 is 41.3 Å². The van der Waals surface area contributed by atoms with Crippen LogP contribution in [0.4, 0.5) is 5.69 Å². The van der Waals surface area contributed by atoms with Crippen LogP contribution in [0, 0.1) is 10.1 Å². The van der Waals surface area contributed by atoms with Gasteiger partial charge in [-0.2, -0.15) is 0 Å². The van der Waals surface area contributed by atoms with Gasteiger partial charge in [-0.1, -0.05) is 0 Å². The van der Waals surface area contributed by atoms with Gasteiger partial charge >= 0.3 is 23.9 Å². The van der Waals surface area contributed by atoms with E-state index in [1.54, 1.807) is 9.80 Å². The first-order chi connectivity index (χ1) is 19.8. The predicted molar refractivity (Wildman–Crippen MR) is 144 cm³/mol. The Balaban J connectivity index is 2.10. The van der Waals surface area contributed by atoms with Crippen LogP contribution >= 0.6 is 0 Å². The van der Waals surface area contributed by atoms with Crippen LogP contribution < -0.4 is 4.74 Å². The second-order valence-electron chi connectivity index (χ2n) is 9.45. The summed E-state index contributed by atoms with van der Waals surface area (Å²) in [5.41, 5.74) is -0.176. The van der Waals surface area contributed by atoms with Gasteiger partial charge in [0.25, 0.3) is 5.69 Å². The SMILES string of the molecule is CN(CC(=O)Oc1ccc([N+](=O)[O-])cc1)C(=O)CN1CCN(CC(=O)O)/C=C\N(CC(=O)O)CCN(CC(=O)O)CC1. The summed E-state index contributed by atoms with van der Waals surface area (Å²) in [7, 11) is 1.39. The molecule has 3 N–H and O–H groups in total. The van der Waals surface area contributed by atoms with Gasteiger partial charge in [-0.05, 0) is 12.1 Å². The zero-order valence-corrected chi connectivity index (χ0v) is 23.0. The Morgan fingerprint density at radius 1 is 0.786 bits per heavy atom. The van der Waals surface area contributed by atoms with Gasteiger partial charge in [-0.25, -0.2) is 4.79 Å². The van der Waals surface area contributed by atoms with Crippen LogP contribution in [0.15, 0.2) is 36.7 Å². The summed E-state index contributed by atoms with van der Waals surface area (Å²) in [6.45, 7) is -0.484. The maximum atomic E-state index is 13.0. The molecule has 0 spiro atoms. The number of hydrogen-bond donors (Lipinski definition) is 3. The summed E-state index contributed by atoms with van der Waals surface area (Å²) in [6.07, 6.45) is 2.89. The number of hydrogen-bond acceptors (Lipinski definition) is 12. The molecule has 1 aliphatic rings. The Hall–Kier alpha value is -4.77. The number of carbonyl (C=O) groups excluding carboxylic acids is 2. The minimum atomic E-state index is -1.11. The van der Waals surface area contributed by atoms with Crippen molar-refractivity contribution in [1.82, 2.24) is 24.5 Å². The number of ether oxygens (including phenoxy) is 1. The summed E-state index contributed by atoms with van der Waals surface area (Å²) < 4.78 is 5.15. The van der Waals surface area contributed by atoms with Gasteiger partial charge in [0.2, 0.25) is 5.91 Å². The molecule has 1 aromatic rings. The van der Waals surface area contributed by atoms with Crippen LogP contribution in [0.25, 0.3) is 0 Å². The number of nitro groups is 1. The molecule has 17 heteroatoms. The first-order valence-corrected chi connectivity index (χ1v) is 12.8. The molecular weight excluding hydrogens is 560 g/mol. The number of carbonyl (C=O) groups is 5. The third-order valence-electron chi connectivity index (χ3n) is 6.09. The van der Waals surface area contributed by atoms with Gasteiger partial charge in [-0.15, -0.1) is 0 Å². The Kier molecular flexibility index (Phi) is 13.1. The van der Waals surface area contributed by atoms with Gasteiger partial charge in [0.1, 0.15) is 25.4 Å². The number of carboxylic acids is 3. The molecule has 1 amide bonds. The molecule has 0 aromatic heterocycles. The summed E-state index contributed by atoms with van der Waals surface area (Å²) in [5.74, 6) is -4.46. The van der Waals surface area contributed by atoms with Gasteiger partial charge in [0.05, 0.1) is 18.0 Å². The van der Waals surface area contributed by atoms with E-state index in [1.165, 1.54) is 53.5 Å². The van der Waals surface area contributed by atoms with Gasteiger partial charge in [-0.3, -0.25) is 39.1 Å². The molecule has 0 bridgehead atoms. The number of rotatable bonds is 12. The molecule has 0 saturated heterocycles. The lowest BCUT2D eigenvalue weighted by Gasteiger charge is -2.32. The normalized spacial score (nSPS) is 16.0. The van der Waals surface area contributed by atoms with E-state index in [9.17, 15) is 49.4 Å². The first-order valence-electron chi connectivity index (χ1n) is 12.8. The molecule has 17 nitrogen and oxygen atoms in total. The van der Waals surface area contributed by atoms with E-state index in [4.69, 9.17) is 4.74 Å². The Morgan fingerprint density at radius 3 is 1.69 bits per heavy atom. The Morgan fingerprint density at radius 2 is 1.24 bits per heavy atom. The van der Waals surface area contributed by atoms with Crippen molar-refractivity contribution in [3.8, 4) is 5.75 Å². The van der Waals surface area contributed by atoms with Crippen LogP contribution in [-0.4, -0.2) is 154 Å². The summed E-state index contributed by atoms with van der Waals surface area (Å²) >= 11 is 0. The van der Waals surface area contributed by atoms with Crippen LogP contribution in [0.1, 0.15) is 0 Å². The lowest BCUT2D eigenvalue weighted by atomic mass is 10.3. The molecule has 0 unspecified atom stereocenters. The number of nitrogens with zero attached hydrogens (tertiary/aromatic N) is 6. The van der Waals surface area contributed by atoms with E-state index in [-0.39, 0.29) is 76.9 Å². The van der Waals surface area contributed by atoms with Crippen LogP contribution in [-0.2, 0) is 24.0 Å². The number of benzene rings is 1. The minimum absolute atomic E-state index is 0.0709. The molecule has 1 aliphatic heterocycles. The zero-order chi connectivity index (χ0) is 31.2. The number of carboxylic acid groups (broad SMARTS) is 3. The Labute approximate surface area is 240 Å². The van der Waals surface area contributed by atoms with Crippen molar-refractivity contribution in [2.75, 3.05) is 79.0 Å². The van der Waals surface area contributed by atoms with Crippen molar-refractivity contribution < 1.29 is 49.0 Å². The fourth-order valence-corrected chi connectivity index (χ4v) is 3.90. The summed E-state index contributed by atoms with van der Waals surface area (Å²) in [5, 5.41) is 38.6. The highest BCUT2D eigenvalue weighted by atomic mass is 16.6. The maximum absolute atomic E-state index is 13.0. The quantitative estimate of drug-likeness (QED) is 0.113. The fourth-order valence-electron chi connectivity index (χ4n) is 3.90. The average Bonchev–Trinajstić information content (AvgIpc) is 2.89. The van der Waals surface area contributed by atoms with Crippen molar-refractivity contribution >= 4 is 35.5 Å². The van der Waals surface area contributed by atoms with Gasteiger partial charge in [0.15, 0.2) is 0 Å². The van der Waals surface area contributed by atoms with Crippen molar-refractivity contribution in [1.29, 1.82) is 0 Å². The smallest absolute Gasteiger partial charge is 0.331 e. The van der Waals surface area contributed by atoms with E-state index in [0.717, 1.165) is 4.90 Å². The average molecular weight is 595 g/mol. The highest BCUT2D eigenvalue weighted by Gasteiger charge is 2.21. The molecule has 2 rings (SSSR count). The molecule has 0 fully saturated rings. The molecule has 1 aromatic carbocycles. The number of non-ortho nitro benzene ring substituents is 1. The second kappa shape index (κ2) is 16.5. The van der Waals surface area contributed by atoms with Crippen molar-refractivity contribution in [3.63, 3.8) is 0 Å². The van der Waals surface area contributed by atoms with E-state index in [0.29, 0.717) is 0 Å². The topological polar surface area (TPSA) is 215 Å². The molecular formula is C25H34N6O11. The van der Waals surface area contributed by atoms with E-state index in [1.807, 2.05) is 0 Å². The second-order valence-corrected chi connectivity index (χ2v) is 9.45. The molecule has 1 heterocycles. The van der Waals surface area contributed by atoms with Crippen LogP contribution in [0.3, 0.4) is 0 Å². The molecule has 0 atom stereocenters. The lowest BCUT2D eigenvalue weighted by Crippen LogP contribution is -2.47. The minimum Gasteiger partial charge on any atom is -0.480 e. The largest absolute Gasteiger partial charge is 0.480 e. The highest BCUT2D eigenvalue weighted by Crippen LogP contribution is 2.17. The van der Waals surface area contributed by atoms with Crippen molar-refractivity contribution in [3.05, 3.63) is 46.8 Å². The lowest BCUT2D eigenvalue weighted by molar-refractivity contribution is -0.384. The van der Waals surface area contributed by atoms with Crippen LogP contribution in [0.2, 0.25) is 0 Å². The van der Waals surface area contributed by atoms with Gasteiger partial charge < -0.3 is 34.8 Å². The summed E-state index contributed by atoms with van der Waals surface area (Å²) in [4.78, 5) is 76.9. The monoisotopic (exact) mass is 594 g/mol. The zero-order valence-electron chi connectivity index (χ0n) is 23.0. The molecule has 0 saturated carbocycles. The standard InChI is InChI=1S/C25H34N6O11/c1-26(18-25(39)42-20-4-2-19(3-5-20)31(40)41)21(32)14-27-6-8-28(15-22(33)34)10-12-30(17-24(37)38)13-11-29(9-7-27)16-23(35)36/h2-5,10,12H,6-9,11,13-18H2,1H3,(H,33,34)(H,35,36)(H,37,38)/b12-10-. The molecule has 230 valence electrons. The van der Waals surface area contributed by atoms with Crippen LogP contribution in [0.5, 0.6) is 5.75 Å². The number of likely N-dealkylation sites (N-methyl/N-ethyl adjacent to an activating group) is 1. The number of nitro benzene ring substituents is 1.